The fourth-order valence-electron chi connectivity index (χ4n) is 2.21. The maximum Gasteiger partial charge on any atom is 0.314 e. The van der Waals surface area contributed by atoms with Gasteiger partial charge in [-0.1, -0.05) is 32.9 Å². The summed E-state index contributed by atoms with van der Waals surface area (Å²) in [6.07, 6.45) is 0. The molecule has 0 spiro atoms. The summed E-state index contributed by atoms with van der Waals surface area (Å²) in [6.45, 7) is 8.05. The van der Waals surface area contributed by atoms with Gasteiger partial charge in [-0.3, -0.25) is 9.59 Å². The van der Waals surface area contributed by atoms with Gasteiger partial charge in [-0.15, -0.1) is 0 Å². The van der Waals surface area contributed by atoms with Crippen molar-refractivity contribution in [3.8, 4) is 5.75 Å². The fraction of sp³-hybridized carbons (Fsp3) is 0.263. The van der Waals surface area contributed by atoms with Gasteiger partial charge >= 0.3 is 11.8 Å². The van der Waals surface area contributed by atoms with Crippen LogP contribution in [0.15, 0.2) is 42.5 Å². The van der Waals surface area contributed by atoms with Gasteiger partial charge in [0.05, 0.1) is 0 Å². The first-order chi connectivity index (χ1) is 11.2. The molecular formula is C19H22N2O3. The van der Waals surface area contributed by atoms with Crippen molar-refractivity contribution < 1.29 is 14.7 Å². The zero-order valence-corrected chi connectivity index (χ0v) is 14.3. The molecule has 0 heterocycles. The molecule has 0 aliphatic rings. The van der Waals surface area contributed by atoms with Crippen LogP contribution in [0.5, 0.6) is 5.75 Å². The Labute approximate surface area is 141 Å². The number of rotatable bonds is 2. The predicted octanol–water partition coefficient (Wildman–Crippen LogP) is 3.58. The second-order valence-electron chi connectivity index (χ2n) is 6.73. The number of aryl methyl sites for hydroxylation is 1. The maximum absolute atomic E-state index is 12.0. The Morgan fingerprint density at radius 3 is 2.04 bits per heavy atom. The molecule has 0 bridgehead atoms. The second kappa shape index (κ2) is 6.74. The number of anilines is 2. The third-order valence-electron chi connectivity index (χ3n) is 3.67. The largest absolute Gasteiger partial charge is 0.508 e. The third-order valence-corrected chi connectivity index (χ3v) is 3.67. The molecule has 24 heavy (non-hydrogen) atoms. The normalized spacial score (nSPS) is 11.0. The highest BCUT2D eigenvalue weighted by atomic mass is 16.3. The number of benzene rings is 2. The Morgan fingerprint density at radius 2 is 1.50 bits per heavy atom. The van der Waals surface area contributed by atoms with Crippen molar-refractivity contribution in [2.24, 2.45) is 0 Å². The van der Waals surface area contributed by atoms with Crippen LogP contribution < -0.4 is 10.6 Å². The van der Waals surface area contributed by atoms with Crippen LogP contribution >= 0.6 is 0 Å². The van der Waals surface area contributed by atoms with E-state index in [-0.39, 0.29) is 11.2 Å². The zero-order valence-electron chi connectivity index (χ0n) is 14.3. The molecule has 0 aliphatic carbocycles. The highest BCUT2D eigenvalue weighted by Crippen LogP contribution is 2.23. The Balaban J connectivity index is 2.02. The van der Waals surface area contributed by atoms with Crippen LogP contribution in [0.3, 0.4) is 0 Å². The average Bonchev–Trinajstić information content (AvgIpc) is 2.49. The summed E-state index contributed by atoms with van der Waals surface area (Å²) in [4.78, 5) is 24.0. The van der Waals surface area contributed by atoms with Crippen LogP contribution in [0.2, 0.25) is 0 Å². The lowest BCUT2D eigenvalue weighted by atomic mass is 9.87. The molecule has 2 amide bonds. The van der Waals surface area contributed by atoms with E-state index in [9.17, 15) is 14.7 Å². The fourth-order valence-corrected chi connectivity index (χ4v) is 2.21. The highest BCUT2D eigenvalue weighted by Gasteiger charge is 2.16. The van der Waals surface area contributed by atoms with E-state index in [4.69, 9.17) is 0 Å². The summed E-state index contributed by atoms with van der Waals surface area (Å²) in [5, 5.41) is 14.5. The number of carbonyl (C=O) groups excluding carboxylic acids is 2. The predicted molar refractivity (Wildman–Crippen MR) is 95.2 cm³/mol. The van der Waals surface area contributed by atoms with Gasteiger partial charge in [0.1, 0.15) is 5.75 Å². The quantitative estimate of drug-likeness (QED) is 0.583. The zero-order chi connectivity index (χ0) is 17.9. The second-order valence-corrected chi connectivity index (χ2v) is 6.73. The van der Waals surface area contributed by atoms with Gasteiger partial charge in [0.15, 0.2) is 0 Å². The molecule has 0 aromatic heterocycles. The van der Waals surface area contributed by atoms with Gasteiger partial charge in [0.2, 0.25) is 0 Å². The molecule has 0 fully saturated rings. The summed E-state index contributed by atoms with van der Waals surface area (Å²) in [7, 11) is 0. The maximum atomic E-state index is 12.0. The number of phenolic OH excluding ortho intramolecular Hbond substituents is 1. The van der Waals surface area contributed by atoms with Crippen molar-refractivity contribution in [2.75, 3.05) is 10.6 Å². The minimum Gasteiger partial charge on any atom is -0.508 e. The van der Waals surface area contributed by atoms with E-state index in [1.807, 2.05) is 12.1 Å². The minimum atomic E-state index is -0.760. The van der Waals surface area contributed by atoms with Gasteiger partial charge in [-0.25, -0.2) is 0 Å². The molecule has 2 aromatic rings. The molecule has 0 saturated heterocycles. The highest BCUT2D eigenvalue weighted by molar-refractivity contribution is 6.43. The first-order valence-electron chi connectivity index (χ1n) is 7.69. The molecule has 126 valence electrons. The van der Waals surface area contributed by atoms with Crippen molar-refractivity contribution in [1.29, 1.82) is 0 Å². The lowest BCUT2D eigenvalue weighted by Crippen LogP contribution is -2.29. The molecule has 2 rings (SSSR count). The number of amides is 2. The first kappa shape index (κ1) is 17.5. The van der Waals surface area contributed by atoms with E-state index >= 15 is 0 Å². The van der Waals surface area contributed by atoms with Gasteiger partial charge in [-0.2, -0.15) is 0 Å². The number of hydrogen-bond donors (Lipinski definition) is 3. The van der Waals surface area contributed by atoms with Crippen LogP contribution in [0, 0.1) is 6.92 Å². The molecule has 5 nitrogen and oxygen atoms in total. The van der Waals surface area contributed by atoms with Crippen molar-refractivity contribution in [1.82, 2.24) is 0 Å². The molecule has 0 saturated carbocycles. The monoisotopic (exact) mass is 326 g/mol. The summed E-state index contributed by atoms with van der Waals surface area (Å²) in [5.74, 6) is -1.40. The molecule has 0 aliphatic heterocycles. The lowest BCUT2D eigenvalue weighted by molar-refractivity contribution is -0.133. The van der Waals surface area contributed by atoms with Crippen molar-refractivity contribution in [3.63, 3.8) is 0 Å². The number of carbonyl (C=O) groups is 2. The Bertz CT molecular complexity index is 759. The molecule has 3 N–H and O–H groups in total. The van der Waals surface area contributed by atoms with Crippen molar-refractivity contribution in [2.45, 2.75) is 33.1 Å². The summed E-state index contributed by atoms with van der Waals surface area (Å²) >= 11 is 0. The van der Waals surface area contributed by atoms with Gasteiger partial charge < -0.3 is 15.7 Å². The summed E-state index contributed by atoms with van der Waals surface area (Å²) in [5.41, 5.74) is 2.88. The van der Waals surface area contributed by atoms with Gasteiger partial charge in [0.25, 0.3) is 0 Å². The minimum absolute atomic E-state index is 0.0241. The van der Waals surface area contributed by atoms with E-state index in [0.29, 0.717) is 16.9 Å². The number of aromatic hydroxyl groups is 1. The van der Waals surface area contributed by atoms with Crippen LogP contribution in [0.4, 0.5) is 11.4 Å². The van der Waals surface area contributed by atoms with Gasteiger partial charge in [-0.05, 0) is 53.8 Å². The van der Waals surface area contributed by atoms with Crippen LogP contribution in [-0.4, -0.2) is 16.9 Å². The van der Waals surface area contributed by atoms with Crippen molar-refractivity contribution >= 4 is 23.2 Å². The van der Waals surface area contributed by atoms with Crippen LogP contribution in [-0.2, 0) is 15.0 Å². The Hall–Kier alpha value is -2.82. The molecule has 5 heteroatoms. The average molecular weight is 326 g/mol. The lowest BCUT2D eigenvalue weighted by Gasteiger charge is -2.19. The van der Waals surface area contributed by atoms with Crippen molar-refractivity contribution in [3.05, 3.63) is 53.6 Å². The first-order valence-corrected chi connectivity index (χ1v) is 7.69. The number of nitrogens with one attached hydrogen (secondary N) is 2. The van der Waals surface area contributed by atoms with E-state index in [1.165, 1.54) is 12.1 Å². The molecule has 0 unspecified atom stereocenters. The van der Waals surface area contributed by atoms with E-state index < -0.39 is 11.8 Å². The van der Waals surface area contributed by atoms with Crippen LogP contribution in [0.25, 0.3) is 0 Å². The Morgan fingerprint density at radius 1 is 0.917 bits per heavy atom. The Kier molecular flexibility index (Phi) is 4.93. The van der Waals surface area contributed by atoms with E-state index in [2.05, 4.69) is 31.4 Å². The molecule has 2 aromatic carbocycles. The van der Waals surface area contributed by atoms with Gasteiger partial charge in [0, 0.05) is 11.4 Å². The molecular weight excluding hydrogens is 304 g/mol. The standard InChI is InChI=1S/C19H22N2O3/c1-12-11-15(22)9-10-16(12)21-18(24)17(23)20-14-7-5-13(6-8-14)19(2,3)4/h5-11,22H,1-4H3,(H,20,23)(H,21,24). The number of phenols is 1. The third kappa shape index (κ3) is 4.35. The van der Waals surface area contributed by atoms with Crippen LogP contribution in [0.1, 0.15) is 31.9 Å². The smallest absolute Gasteiger partial charge is 0.314 e. The molecule has 0 radical (unpaired) electrons. The SMILES string of the molecule is Cc1cc(O)ccc1NC(=O)C(=O)Nc1ccc(C(C)(C)C)cc1. The summed E-state index contributed by atoms with van der Waals surface area (Å²) in [6, 6.07) is 11.9. The number of hydrogen-bond acceptors (Lipinski definition) is 3. The summed E-state index contributed by atoms with van der Waals surface area (Å²) < 4.78 is 0. The topological polar surface area (TPSA) is 78.4 Å². The molecule has 0 atom stereocenters. The van der Waals surface area contributed by atoms with E-state index in [1.54, 1.807) is 25.1 Å². The van der Waals surface area contributed by atoms with E-state index in [0.717, 1.165) is 5.56 Å².